The number of fused-ring (bicyclic) bond motifs is 2. The predicted molar refractivity (Wildman–Crippen MR) is 79.7 cm³/mol. The van der Waals surface area contributed by atoms with Gasteiger partial charge in [0.15, 0.2) is 11.5 Å². The highest BCUT2D eigenvalue weighted by Gasteiger charge is 2.54. The fourth-order valence-corrected chi connectivity index (χ4v) is 4.45. The van der Waals surface area contributed by atoms with Gasteiger partial charge < -0.3 is 15.4 Å². The minimum absolute atomic E-state index is 0.202. The highest BCUT2D eigenvalue weighted by atomic mass is 19.1. The van der Waals surface area contributed by atoms with E-state index in [9.17, 15) is 9.18 Å². The van der Waals surface area contributed by atoms with Crippen molar-refractivity contribution < 1.29 is 13.9 Å². The third-order valence-electron chi connectivity index (χ3n) is 5.26. The van der Waals surface area contributed by atoms with Crippen molar-refractivity contribution in [3.05, 3.63) is 29.3 Å². The predicted octanol–water partition coefficient (Wildman–Crippen LogP) is 1.52. The molecule has 1 aliphatic heterocycles. The number of aromatic nitrogens is 1. The van der Waals surface area contributed by atoms with Gasteiger partial charge in [0, 0.05) is 43.8 Å². The summed E-state index contributed by atoms with van der Waals surface area (Å²) in [5, 5.41) is 0. The zero-order valence-corrected chi connectivity index (χ0v) is 13.0. The number of hydrogen-bond acceptors (Lipinski definition) is 4. The van der Waals surface area contributed by atoms with Gasteiger partial charge >= 0.3 is 0 Å². The number of methoxy groups -OCH3 is 1. The van der Waals surface area contributed by atoms with E-state index in [1.54, 1.807) is 13.2 Å². The Morgan fingerprint density at radius 3 is 2.64 bits per heavy atom. The van der Waals surface area contributed by atoms with Crippen LogP contribution in [0.2, 0.25) is 0 Å². The lowest BCUT2D eigenvalue weighted by molar-refractivity contribution is -0.167. The molecule has 0 aromatic carbocycles. The Morgan fingerprint density at radius 1 is 1.45 bits per heavy atom. The molecule has 2 bridgehead atoms. The van der Waals surface area contributed by atoms with Crippen LogP contribution >= 0.6 is 0 Å². The van der Waals surface area contributed by atoms with Crippen LogP contribution in [0.4, 0.5) is 4.39 Å². The Kier molecular flexibility index (Phi) is 3.91. The number of nitrogens with two attached hydrogens (primary N) is 1. The third kappa shape index (κ3) is 2.13. The summed E-state index contributed by atoms with van der Waals surface area (Å²) in [4.78, 5) is 17.5. The van der Waals surface area contributed by atoms with Crippen LogP contribution in [0, 0.1) is 17.7 Å². The van der Waals surface area contributed by atoms with E-state index < -0.39 is 17.3 Å². The molecule has 6 heteroatoms. The molecule has 1 saturated carbocycles. The van der Waals surface area contributed by atoms with Crippen molar-refractivity contribution in [1.82, 2.24) is 9.88 Å². The number of primary amides is 1. The van der Waals surface area contributed by atoms with Gasteiger partial charge in [0.1, 0.15) is 5.60 Å². The minimum atomic E-state index is -0.844. The average Bonchev–Trinajstić information content (AvgIpc) is 2.46. The van der Waals surface area contributed by atoms with Gasteiger partial charge in [0.2, 0.25) is 0 Å². The lowest BCUT2D eigenvalue weighted by atomic mass is 9.62. The Hall–Kier alpha value is -1.53. The van der Waals surface area contributed by atoms with Crippen molar-refractivity contribution in [2.24, 2.45) is 17.6 Å². The van der Waals surface area contributed by atoms with Gasteiger partial charge in [-0.3, -0.25) is 4.79 Å². The maximum Gasteiger partial charge on any atom is 0.270 e. The van der Waals surface area contributed by atoms with E-state index in [-0.39, 0.29) is 17.5 Å². The van der Waals surface area contributed by atoms with Crippen molar-refractivity contribution in [2.75, 3.05) is 27.2 Å². The first-order valence-electron chi connectivity index (χ1n) is 7.69. The molecule has 120 valence electrons. The fourth-order valence-electron chi connectivity index (χ4n) is 4.45. The van der Waals surface area contributed by atoms with Crippen molar-refractivity contribution in [3.8, 4) is 0 Å². The summed E-state index contributed by atoms with van der Waals surface area (Å²) in [5.74, 6) is -1.07. The third-order valence-corrected chi connectivity index (χ3v) is 5.26. The number of ether oxygens (including phenoxy) is 1. The SMILES string of the molecule is COC1(c2ccnc(C(N)=O)c2F)C2CCCC1CN(C)C2. The van der Waals surface area contributed by atoms with E-state index in [4.69, 9.17) is 10.5 Å². The lowest BCUT2D eigenvalue weighted by Crippen LogP contribution is -2.58. The Balaban J connectivity index is 2.15. The quantitative estimate of drug-likeness (QED) is 0.919. The molecule has 5 nitrogen and oxygen atoms in total. The minimum Gasteiger partial charge on any atom is -0.373 e. The number of carbonyl (C=O) groups is 1. The zero-order chi connectivity index (χ0) is 15.9. The molecule has 2 atom stereocenters. The number of carbonyl (C=O) groups excluding carboxylic acids is 1. The summed E-state index contributed by atoms with van der Waals surface area (Å²) >= 11 is 0. The second-order valence-electron chi connectivity index (χ2n) is 6.43. The molecule has 1 saturated heterocycles. The second kappa shape index (κ2) is 5.59. The van der Waals surface area contributed by atoms with Gasteiger partial charge in [-0.15, -0.1) is 0 Å². The summed E-state index contributed by atoms with van der Waals surface area (Å²) in [6.45, 7) is 1.72. The van der Waals surface area contributed by atoms with Crippen LogP contribution < -0.4 is 5.73 Å². The molecular formula is C16H22FN3O2. The summed E-state index contributed by atoms with van der Waals surface area (Å²) in [6.07, 6.45) is 4.56. The van der Waals surface area contributed by atoms with Crippen molar-refractivity contribution in [2.45, 2.75) is 24.9 Å². The first-order valence-corrected chi connectivity index (χ1v) is 7.69. The van der Waals surface area contributed by atoms with E-state index in [1.165, 1.54) is 6.20 Å². The lowest BCUT2D eigenvalue weighted by Gasteiger charge is -2.54. The molecule has 1 aliphatic carbocycles. The van der Waals surface area contributed by atoms with E-state index in [0.717, 1.165) is 32.4 Å². The second-order valence-corrected chi connectivity index (χ2v) is 6.43. The Morgan fingerprint density at radius 2 is 2.09 bits per heavy atom. The summed E-state index contributed by atoms with van der Waals surface area (Å²) in [6, 6.07) is 1.64. The normalized spacial score (nSPS) is 32.0. The number of hydrogen-bond donors (Lipinski definition) is 1. The maximum atomic E-state index is 14.9. The van der Waals surface area contributed by atoms with Crippen LogP contribution in [0.15, 0.2) is 12.3 Å². The number of halogens is 1. The first kappa shape index (κ1) is 15.4. The Bertz CT molecular complexity index is 579. The monoisotopic (exact) mass is 307 g/mol. The highest BCUT2D eigenvalue weighted by molar-refractivity contribution is 5.91. The van der Waals surface area contributed by atoms with Gasteiger partial charge in [-0.25, -0.2) is 9.37 Å². The number of pyridine rings is 1. The van der Waals surface area contributed by atoms with Crippen LogP contribution in [-0.4, -0.2) is 43.0 Å². The van der Waals surface area contributed by atoms with Crippen molar-refractivity contribution in [3.63, 3.8) is 0 Å². The smallest absolute Gasteiger partial charge is 0.270 e. The summed E-state index contributed by atoms with van der Waals surface area (Å²) in [7, 11) is 3.73. The van der Waals surface area contributed by atoms with E-state index >= 15 is 0 Å². The summed E-state index contributed by atoms with van der Waals surface area (Å²) < 4.78 is 20.8. The molecule has 0 spiro atoms. The van der Waals surface area contributed by atoms with Crippen LogP contribution in [0.25, 0.3) is 0 Å². The van der Waals surface area contributed by atoms with Crippen molar-refractivity contribution in [1.29, 1.82) is 0 Å². The molecule has 2 N–H and O–H groups in total. The number of rotatable bonds is 3. The molecule has 1 amide bonds. The molecule has 2 aliphatic rings. The van der Waals surface area contributed by atoms with Gasteiger partial charge in [0.05, 0.1) is 0 Å². The Labute approximate surface area is 129 Å². The zero-order valence-electron chi connectivity index (χ0n) is 13.0. The summed E-state index contributed by atoms with van der Waals surface area (Å²) in [5.41, 5.74) is 4.68. The molecule has 1 aromatic rings. The van der Waals surface area contributed by atoms with E-state index in [2.05, 4.69) is 16.9 Å². The maximum absolute atomic E-state index is 14.9. The fraction of sp³-hybridized carbons (Fsp3) is 0.625. The van der Waals surface area contributed by atoms with Crippen LogP contribution in [0.1, 0.15) is 35.3 Å². The van der Waals surface area contributed by atoms with Gasteiger partial charge in [-0.2, -0.15) is 0 Å². The molecule has 2 unspecified atom stereocenters. The molecule has 0 radical (unpaired) electrons. The number of nitrogens with zero attached hydrogens (tertiary/aromatic N) is 2. The largest absolute Gasteiger partial charge is 0.373 e. The van der Waals surface area contributed by atoms with Gasteiger partial charge in [-0.1, -0.05) is 6.42 Å². The van der Waals surface area contributed by atoms with E-state index in [1.807, 2.05) is 0 Å². The topological polar surface area (TPSA) is 68.5 Å². The first-order chi connectivity index (χ1) is 10.5. The average molecular weight is 307 g/mol. The van der Waals surface area contributed by atoms with Crippen LogP contribution in [0.5, 0.6) is 0 Å². The van der Waals surface area contributed by atoms with Crippen LogP contribution in [-0.2, 0) is 10.3 Å². The van der Waals surface area contributed by atoms with Gasteiger partial charge in [-0.05, 0) is 26.0 Å². The molecule has 1 aromatic heterocycles. The van der Waals surface area contributed by atoms with Crippen LogP contribution in [0.3, 0.4) is 0 Å². The standard InChI is InChI=1S/C16H22FN3O2/c1-20-8-10-4-3-5-11(9-20)16(10,22-2)12-6-7-19-14(13(12)17)15(18)21/h6-7,10-11H,3-5,8-9H2,1-2H3,(H2,18,21). The van der Waals surface area contributed by atoms with Gasteiger partial charge in [0.25, 0.3) is 5.91 Å². The highest BCUT2D eigenvalue weighted by Crippen LogP contribution is 2.51. The molecule has 3 rings (SSSR count). The number of amides is 1. The number of piperidine rings is 1. The number of likely N-dealkylation sites (tertiary alicyclic amines) is 1. The molecule has 2 fully saturated rings. The van der Waals surface area contributed by atoms with E-state index in [0.29, 0.717) is 5.56 Å². The molecular weight excluding hydrogens is 285 g/mol. The molecule has 2 heterocycles. The molecule has 22 heavy (non-hydrogen) atoms. The van der Waals surface area contributed by atoms with Crippen molar-refractivity contribution >= 4 is 5.91 Å².